The molecule has 0 saturated heterocycles. The minimum absolute atomic E-state index is 0.104. The van der Waals surface area contributed by atoms with Crippen molar-refractivity contribution in [3.8, 4) is 0 Å². The van der Waals surface area contributed by atoms with Gasteiger partial charge in [-0.25, -0.2) is 8.78 Å². The van der Waals surface area contributed by atoms with E-state index in [2.05, 4.69) is 5.32 Å². The van der Waals surface area contributed by atoms with Gasteiger partial charge in [0.1, 0.15) is 0 Å². The molecule has 0 amide bonds. The largest absolute Gasteiger partial charge is 0.379 e. The Labute approximate surface area is 124 Å². The zero-order valence-corrected chi connectivity index (χ0v) is 12.5. The van der Waals surface area contributed by atoms with Crippen LogP contribution in [0.3, 0.4) is 0 Å². The van der Waals surface area contributed by atoms with Gasteiger partial charge >= 0.3 is 0 Å². The maximum Gasteiger partial charge on any atom is 0.181 e. The van der Waals surface area contributed by atoms with Crippen LogP contribution in [0, 0.1) is 17.0 Å². The molecule has 1 aromatic rings. The average Bonchev–Trinajstić information content (AvgIpc) is 2.51. The number of anilines is 1. The number of nitrogens with one attached hydrogen (secondary N) is 1. The molecule has 0 aromatic heterocycles. The molecule has 2 unspecified atom stereocenters. The fourth-order valence-corrected chi connectivity index (χ4v) is 4.07. The summed E-state index contributed by atoms with van der Waals surface area (Å²) in [5.41, 5.74) is 0.382. The highest BCUT2D eigenvalue weighted by Crippen LogP contribution is 2.54. The first-order valence-corrected chi connectivity index (χ1v) is 7.99. The molecule has 21 heavy (non-hydrogen) atoms. The van der Waals surface area contributed by atoms with Crippen LogP contribution in [0.4, 0.5) is 14.5 Å². The van der Waals surface area contributed by atoms with Gasteiger partial charge in [-0.15, -0.1) is 0 Å². The Kier molecular flexibility index (Phi) is 4.16. The summed E-state index contributed by atoms with van der Waals surface area (Å²) in [6, 6.07) is 4.50. The lowest BCUT2D eigenvalue weighted by atomic mass is 9.55. The molecule has 1 spiro atoms. The first-order chi connectivity index (χ1) is 10.2. The zero-order valence-electron chi connectivity index (χ0n) is 12.5. The van der Waals surface area contributed by atoms with Gasteiger partial charge in [-0.3, -0.25) is 0 Å². The molecule has 0 radical (unpaired) electrons. The second-order valence-electron chi connectivity index (χ2n) is 6.27. The summed E-state index contributed by atoms with van der Waals surface area (Å²) in [5.74, 6) is -1.57. The van der Waals surface area contributed by atoms with Crippen molar-refractivity contribution in [1.82, 2.24) is 0 Å². The highest BCUT2D eigenvalue weighted by molar-refractivity contribution is 5.47. The molecule has 2 atom stereocenters. The van der Waals surface area contributed by atoms with Crippen LogP contribution in [-0.2, 0) is 4.74 Å². The third-order valence-electron chi connectivity index (χ3n) is 5.22. The average molecular weight is 295 g/mol. The van der Waals surface area contributed by atoms with E-state index in [4.69, 9.17) is 4.74 Å². The summed E-state index contributed by atoms with van der Waals surface area (Å²) in [6.07, 6.45) is 7.04. The van der Waals surface area contributed by atoms with E-state index in [9.17, 15) is 8.78 Å². The van der Waals surface area contributed by atoms with Gasteiger partial charge < -0.3 is 10.1 Å². The molecular formula is C17H23F2NO. The summed E-state index contributed by atoms with van der Waals surface area (Å²) in [4.78, 5) is 0. The lowest BCUT2D eigenvalue weighted by Gasteiger charge is -2.58. The van der Waals surface area contributed by atoms with Gasteiger partial charge in [-0.05, 0) is 38.3 Å². The van der Waals surface area contributed by atoms with E-state index in [0.717, 1.165) is 25.3 Å². The third kappa shape index (κ3) is 2.54. The fourth-order valence-electron chi connectivity index (χ4n) is 4.07. The molecule has 1 N–H and O–H groups in total. The molecule has 2 aliphatic carbocycles. The minimum atomic E-state index is -0.793. The Morgan fingerprint density at radius 1 is 1.24 bits per heavy atom. The van der Waals surface area contributed by atoms with Crippen molar-refractivity contribution >= 4 is 5.69 Å². The first kappa shape index (κ1) is 14.8. The van der Waals surface area contributed by atoms with Gasteiger partial charge in [-0.1, -0.05) is 25.3 Å². The zero-order chi connectivity index (χ0) is 14.9. The number of rotatable bonds is 4. The van der Waals surface area contributed by atoms with Crippen molar-refractivity contribution in [3.63, 3.8) is 0 Å². The summed E-state index contributed by atoms with van der Waals surface area (Å²) in [7, 11) is 0. The number of halogens is 2. The van der Waals surface area contributed by atoms with E-state index < -0.39 is 11.6 Å². The normalized spacial score (nSPS) is 27.4. The van der Waals surface area contributed by atoms with Gasteiger partial charge in [0.25, 0.3) is 0 Å². The van der Waals surface area contributed by atoms with Crippen molar-refractivity contribution in [2.45, 2.75) is 57.6 Å². The summed E-state index contributed by atoms with van der Waals surface area (Å²) < 4.78 is 33.1. The molecule has 3 rings (SSSR count). The minimum Gasteiger partial charge on any atom is -0.379 e. The second-order valence-corrected chi connectivity index (χ2v) is 6.27. The molecule has 0 heterocycles. The van der Waals surface area contributed by atoms with Crippen molar-refractivity contribution < 1.29 is 13.5 Å². The SMILES string of the molecule is CCOC1CC(Nc2cccc(F)c2F)C12CCCCC2. The molecule has 1 aromatic carbocycles. The van der Waals surface area contributed by atoms with Crippen LogP contribution in [0.15, 0.2) is 18.2 Å². The van der Waals surface area contributed by atoms with Crippen LogP contribution < -0.4 is 5.32 Å². The van der Waals surface area contributed by atoms with E-state index >= 15 is 0 Å². The Morgan fingerprint density at radius 2 is 2.00 bits per heavy atom. The number of ether oxygens (including phenoxy) is 1. The molecule has 2 aliphatic rings. The van der Waals surface area contributed by atoms with Gasteiger partial charge in [0.2, 0.25) is 0 Å². The smallest absolute Gasteiger partial charge is 0.181 e. The predicted molar refractivity (Wildman–Crippen MR) is 79.3 cm³/mol. The molecule has 2 saturated carbocycles. The highest BCUT2D eigenvalue weighted by atomic mass is 19.2. The summed E-state index contributed by atoms with van der Waals surface area (Å²) >= 11 is 0. The van der Waals surface area contributed by atoms with Crippen molar-refractivity contribution in [3.05, 3.63) is 29.8 Å². The number of benzene rings is 1. The van der Waals surface area contributed by atoms with Crippen LogP contribution in [0.1, 0.15) is 45.4 Å². The van der Waals surface area contributed by atoms with Gasteiger partial charge in [-0.2, -0.15) is 0 Å². The monoisotopic (exact) mass is 295 g/mol. The number of hydrogen-bond acceptors (Lipinski definition) is 2. The Balaban J connectivity index is 1.77. The first-order valence-electron chi connectivity index (χ1n) is 7.99. The van der Waals surface area contributed by atoms with Crippen LogP contribution in [0.25, 0.3) is 0 Å². The molecule has 0 aliphatic heterocycles. The standard InChI is InChI=1S/C17H23F2NO/c1-2-21-15-11-14(17(15)9-4-3-5-10-17)20-13-8-6-7-12(18)16(13)19/h6-8,14-15,20H,2-5,9-11H2,1H3. The van der Waals surface area contributed by atoms with Gasteiger partial charge in [0.05, 0.1) is 11.8 Å². The van der Waals surface area contributed by atoms with E-state index in [1.807, 2.05) is 6.92 Å². The van der Waals surface area contributed by atoms with Gasteiger partial charge in [0.15, 0.2) is 11.6 Å². The maximum absolute atomic E-state index is 13.9. The topological polar surface area (TPSA) is 21.3 Å². The quantitative estimate of drug-likeness (QED) is 0.882. The van der Waals surface area contributed by atoms with Gasteiger partial charge in [0, 0.05) is 18.1 Å². The van der Waals surface area contributed by atoms with Crippen molar-refractivity contribution in [2.75, 3.05) is 11.9 Å². The fraction of sp³-hybridized carbons (Fsp3) is 0.647. The maximum atomic E-state index is 13.9. The molecule has 116 valence electrons. The Morgan fingerprint density at radius 3 is 2.71 bits per heavy atom. The van der Waals surface area contributed by atoms with E-state index in [-0.39, 0.29) is 23.2 Å². The third-order valence-corrected chi connectivity index (χ3v) is 5.22. The highest BCUT2D eigenvalue weighted by Gasteiger charge is 2.55. The molecule has 2 nitrogen and oxygen atoms in total. The number of hydrogen-bond donors (Lipinski definition) is 1. The molecule has 2 fully saturated rings. The van der Waals surface area contributed by atoms with Crippen LogP contribution in [-0.4, -0.2) is 18.8 Å². The molecule has 0 bridgehead atoms. The Hall–Kier alpha value is -1.16. The van der Waals surface area contributed by atoms with Crippen LogP contribution >= 0.6 is 0 Å². The van der Waals surface area contributed by atoms with E-state index in [1.165, 1.54) is 19.3 Å². The predicted octanol–water partition coefficient (Wildman–Crippen LogP) is 4.50. The van der Waals surface area contributed by atoms with Crippen LogP contribution in [0.5, 0.6) is 0 Å². The second kappa shape index (κ2) is 5.91. The molecular weight excluding hydrogens is 272 g/mol. The van der Waals surface area contributed by atoms with E-state index in [0.29, 0.717) is 6.61 Å². The van der Waals surface area contributed by atoms with Crippen molar-refractivity contribution in [2.24, 2.45) is 5.41 Å². The lowest BCUT2D eigenvalue weighted by Crippen LogP contribution is -2.62. The summed E-state index contributed by atoms with van der Waals surface area (Å²) in [5, 5.41) is 3.24. The van der Waals surface area contributed by atoms with Crippen LogP contribution in [0.2, 0.25) is 0 Å². The molecule has 4 heteroatoms. The Bertz CT molecular complexity index is 500. The van der Waals surface area contributed by atoms with E-state index in [1.54, 1.807) is 12.1 Å². The lowest BCUT2D eigenvalue weighted by molar-refractivity contribution is -0.134. The van der Waals surface area contributed by atoms with Crippen molar-refractivity contribution in [1.29, 1.82) is 0 Å². The summed E-state index contributed by atoms with van der Waals surface area (Å²) in [6.45, 7) is 2.73.